The molecule has 2 heterocycles. The van der Waals surface area contributed by atoms with Crippen molar-refractivity contribution in [3.05, 3.63) is 11.8 Å². The number of rotatable bonds is 5. The van der Waals surface area contributed by atoms with Gasteiger partial charge < -0.3 is 19.9 Å². The quantitative estimate of drug-likeness (QED) is 0.783. The molecule has 7 nitrogen and oxygen atoms in total. The molecule has 2 amide bonds. The molecule has 1 saturated heterocycles. The van der Waals surface area contributed by atoms with Gasteiger partial charge in [0.05, 0.1) is 12.1 Å². The molecule has 2 N–H and O–H groups in total. The number of hydrogen-bond acceptors (Lipinski definition) is 5. The molecule has 2 aliphatic rings. The van der Waals surface area contributed by atoms with Gasteiger partial charge in [-0.05, 0) is 32.8 Å². The Hall–Kier alpha value is -1.44. The first kappa shape index (κ1) is 16.9. The molecule has 0 aromatic carbocycles. The second kappa shape index (κ2) is 6.76. The zero-order valence-corrected chi connectivity index (χ0v) is 13.4. The van der Waals surface area contributed by atoms with Crippen LogP contribution in [0.4, 0.5) is 4.79 Å². The molecule has 2 aliphatic heterocycles. The first-order chi connectivity index (χ1) is 10.3. The van der Waals surface area contributed by atoms with Crippen LogP contribution in [-0.2, 0) is 14.3 Å². The van der Waals surface area contributed by atoms with Gasteiger partial charge in [0.15, 0.2) is 12.0 Å². The van der Waals surface area contributed by atoms with Gasteiger partial charge in [0.1, 0.15) is 18.8 Å². The average molecular weight is 312 g/mol. The van der Waals surface area contributed by atoms with E-state index in [9.17, 15) is 14.7 Å². The maximum Gasteiger partial charge on any atom is 0.324 e. The van der Waals surface area contributed by atoms with E-state index in [0.717, 1.165) is 5.57 Å². The number of carbonyl (C=O) groups is 2. The Morgan fingerprint density at radius 3 is 2.82 bits per heavy atom. The fourth-order valence-corrected chi connectivity index (χ4v) is 2.63. The summed E-state index contributed by atoms with van der Waals surface area (Å²) < 4.78 is 11.3. The summed E-state index contributed by atoms with van der Waals surface area (Å²) in [5, 5.41) is 13.2. The predicted molar refractivity (Wildman–Crippen MR) is 79.0 cm³/mol. The molecule has 0 bridgehead atoms. The lowest BCUT2D eigenvalue weighted by atomic mass is 10.1. The van der Waals surface area contributed by atoms with E-state index >= 15 is 0 Å². The molecule has 0 saturated carbocycles. The van der Waals surface area contributed by atoms with Crippen molar-refractivity contribution in [3.8, 4) is 0 Å². The molecule has 0 aromatic heterocycles. The number of hydrogen-bond donors (Lipinski definition) is 2. The molecule has 0 aromatic rings. The second-order valence-electron chi connectivity index (χ2n) is 5.89. The Morgan fingerprint density at radius 2 is 2.23 bits per heavy atom. The summed E-state index contributed by atoms with van der Waals surface area (Å²) in [6.07, 6.45) is -0.508. The summed E-state index contributed by atoms with van der Waals surface area (Å²) in [7, 11) is 0. The van der Waals surface area contributed by atoms with E-state index in [-0.39, 0.29) is 24.5 Å². The fourth-order valence-electron chi connectivity index (χ4n) is 2.63. The van der Waals surface area contributed by atoms with Crippen molar-refractivity contribution in [3.63, 3.8) is 0 Å². The monoisotopic (exact) mass is 312 g/mol. The SMILES string of the molecule is CC[C@H]1O[C@@H](N2C=C(C)C(C)NC2=O)[C@@H](OCC(C)=O)C1O. The minimum absolute atomic E-state index is 0.0476. The summed E-state index contributed by atoms with van der Waals surface area (Å²) in [5.74, 6) is -0.144. The largest absolute Gasteiger partial charge is 0.388 e. The Labute approximate surface area is 130 Å². The van der Waals surface area contributed by atoms with Crippen LogP contribution in [0, 0.1) is 0 Å². The van der Waals surface area contributed by atoms with Crippen LogP contribution in [0.5, 0.6) is 0 Å². The van der Waals surface area contributed by atoms with Crippen molar-refractivity contribution in [1.29, 1.82) is 0 Å². The number of amides is 2. The van der Waals surface area contributed by atoms with Gasteiger partial charge in [-0.3, -0.25) is 9.69 Å². The van der Waals surface area contributed by atoms with Gasteiger partial charge in [-0.15, -0.1) is 0 Å². The number of carbonyl (C=O) groups excluding carboxylic acids is 2. The topological polar surface area (TPSA) is 88.1 Å². The molecular formula is C15H24N2O5. The molecule has 22 heavy (non-hydrogen) atoms. The van der Waals surface area contributed by atoms with Gasteiger partial charge in [0, 0.05) is 6.20 Å². The highest BCUT2D eigenvalue weighted by molar-refractivity contribution is 5.78. The van der Waals surface area contributed by atoms with Crippen LogP contribution in [0.15, 0.2) is 11.8 Å². The first-order valence-corrected chi connectivity index (χ1v) is 7.56. The smallest absolute Gasteiger partial charge is 0.324 e. The van der Waals surface area contributed by atoms with Crippen LogP contribution >= 0.6 is 0 Å². The van der Waals surface area contributed by atoms with E-state index in [1.807, 2.05) is 20.8 Å². The van der Waals surface area contributed by atoms with E-state index < -0.39 is 24.5 Å². The van der Waals surface area contributed by atoms with Crippen molar-refractivity contribution >= 4 is 11.8 Å². The molecule has 1 fully saturated rings. The molecule has 124 valence electrons. The molecule has 2 rings (SSSR count). The molecule has 0 spiro atoms. The lowest BCUT2D eigenvalue weighted by molar-refractivity contribution is -0.129. The third-order valence-corrected chi connectivity index (χ3v) is 4.07. The maximum atomic E-state index is 12.2. The van der Waals surface area contributed by atoms with E-state index in [1.165, 1.54) is 11.8 Å². The van der Waals surface area contributed by atoms with E-state index in [2.05, 4.69) is 5.32 Å². The lowest BCUT2D eigenvalue weighted by Gasteiger charge is -2.34. The Bertz CT molecular complexity index is 479. The Kier molecular flexibility index (Phi) is 5.20. The summed E-state index contributed by atoms with van der Waals surface area (Å²) in [4.78, 5) is 24.8. The minimum atomic E-state index is -0.879. The van der Waals surface area contributed by atoms with Crippen molar-refractivity contribution in [2.45, 2.75) is 64.7 Å². The summed E-state index contributed by atoms with van der Waals surface area (Å²) in [6, 6.07) is -0.350. The third-order valence-electron chi connectivity index (χ3n) is 4.07. The zero-order valence-electron chi connectivity index (χ0n) is 13.4. The number of aliphatic hydroxyl groups excluding tert-OH is 1. The van der Waals surface area contributed by atoms with Gasteiger partial charge in [-0.1, -0.05) is 6.92 Å². The molecule has 0 aliphatic carbocycles. The highest BCUT2D eigenvalue weighted by Crippen LogP contribution is 2.30. The summed E-state index contributed by atoms with van der Waals surface area (Å²) in [5.41, 5.74) is 0.975. The van der Waals surface area contributed by atoms with Crippen molar-refractivity contribution in [2.24, 2.45) is 0 Å². The van der Waals surface area contributed by atoms with Crippen LogP contribution in [0.1, 0.15) is 34.1 Å². The first-order valence-electron chi connectivity index (χ1n) is 7.56. The van der Waals surface area contributed by atoms with E-state index in [4.69, 9.17) is 9.47 Å². The minimum Gasteiger partial charge on any atom is -0.388 e. The fraction of sp³-hybridized carbons (Fsp3) is 0.733. The van der Waals surface area contributed by atoms with Crippen LogP contribution in [0.25, 0.3) is 0 Å². The maximum absolute atomic E-state index is 12.2. The lowest BCUT2D eigenvalue weighted by Crippen LogP contribution is -2.54. The molecular weight excluding hydrogens is 288 g/mol. The number of Topliss-reactive ketones (excluding diaryl/α,β-unsaturated/α-hetero) is 1. The van der Waals surface area contributed by atoms with Crippen LogP contribution in [0.3, 0.4) is 0 Å². The van der Waals surface area contributed by atoms with E-state index in [0.29, 0.717) is 6.42 Å². The van der Waals surface area contributed by atoms with Crippen molar-refractivity contribution in [2.75, 3.05) is 6.61 Å². The molecule has 2 unspecified atom stereocenters. The number of ketones is 1. The Balaban J connectivity index is 2.22. The van der Waals surface area contributed by atoms with Crippen LogP contribution < -0.4 is 5.32 Å². The summed E-state index contributed by atoms with van der Waals surface area (Å²) in [6.45, 7) is 6.98. The van der Waals surface area contributed by atoms with Gasteiger partial charge in [0.2, 0.25) is 0 Å². The molecule has 5 atom stereocenters. The predicted octanol–water partition coefficient (Wildman–Crippen LogP) is 0.774. The number of urea groups is 1. The van der Waals surface area contributed by atoms with Crippen molar-refractivity contribution < 1.29 is 24.2 Å². The van der Waals surface area contributed by atoms with Crippen molar-refractivity contribution in [1.82, 2.24) is 10.2 Å². The molecule has 7 heteroatoms. The van der Waals surface area contributed by atoms with Crippen LogP contribution in [0.2, 0.25) is 0 Å². The van der Waals surface area contributed by atoms with Gasteiger partial charge >= 0.3 is 6.03 Å². The standard InChI is InChI=1S/C15H24N2O5/c1-5-11-12(19)13(21-7-9(3)18)14(22-11)17-6-8(2)10(4)16-15(17)20/h6,10-14,19H,5,7H2,1-4H3,(H,16,20)/t10?,11-,12?,13+,14-/m1/s1. The number of nitrogens with zero attached hydrogens (tertiary/aromatic N) is 1. The number of nitrogens with one attached hydrogen (secondary N) is 1. The molecule has 0 radical (unpaired) electrons. The van der Waals surface area contributed by atoms with Crippen LogP contribution in [-0.4, -0.2) is 59.0 Å². The Morgan fingerprint density at radius 1 is 1.55 bits per heavy atom. The summed E-state index contributed by atoms with van der Waals surface area (Å²) >= 11 is 0. The zero-order chi connectivity index (χ0) is 16.4. The number of aliphatic hydroxyl groups is 1. The van der Waals surface area contributed by atoms with Gasteiger partial charge in [-0.25, -0.2) is 4.79 Å². The average Bonchev–Trinajstić information content (AvgIpc) is 2.76. The normalized spacial score (nSPS) is 35.3. The highest BCUT2D eigenvalue weighted by Gasteiger charge is 2.48. The second-order valence-corrected chi connectivity index (χ2v) is 5.89. The highest BCUT2D eigenvalue weighted by atomic mass is 16.6. The number of ether oxygens (including phenoxy) is 2. The van der Waals surface area contributed by atoms with Gasteiger partial charge in [-0.2, -0.15) is 0 Å². The third kappa shape index (κ3) is 3.31. The van der Waals surface area contributed by atoms with Gasteiger partial charge in [0.25, 0.3) is 0 Å². The van der Waals surface area contributed by atoms with E-state index in [1.54, 1.807) is 6.20 Å².